The van der Waals surface area contributed by atoms with Gasteiger partial charge in [-0.1, -0.05) is 0 Å². The van der Waals surface area contributed by atoms with Crippen LogP contribution in [-0.4, -0.2) is 0 Å². The van der Waals surface area contributed by atoms with Crippen LogP contribution in [0.5, 0.6) is 0 Å². The number of nitriles is 2. The van der Waals surface area contributed by atoms with E-state index in [2.05, 4.69) is 0 Å². The minimum atomic E-state index is 0. The molecule has 0 aliphatic heterocycles. The fraction of sp³-hybridized carbons (Fsp3) is 0.111. The molecule has 0 bridgehead atoms. The molecule has 66 valence electrons. The standard InChI is InChI=1S/C9H7N3.ClH/c1-6-2-7(4-10)9(12)8(3-6)5-11;/h2-3H,12H2,1H3;1H. The van der Waals surface area contributed by atoms with Crippen molar-refractivity contribution in [1.82, 2.24) is 0 Å². The monoisotopic (exact) mass is 193 g/mol. The summed E-state index contributed by atoms with van der Waals surface area (Å²) in [5.41, 5.74) is 7.40. The number of anilines is 1. The highest BCUT2D eigenvalue weighted by Gasteiger charge is 2.04. The molecule has 1 aromatic rings. The Hall–Kier alpha value is -1.71. The highest BCUT2D eigenvalue weighted by molar-refractivity contribution is 5.85. The largest absolute Gasteiger partial charge is 0.397 e. The van der Waals surface area contributed by atoms with E-state index in [0.717, 1.165) is 5.56 Å². The van der Waals surface area contributed by atoms with Crippen LogP contribution in [0.3, 0.4) is 0 Å². The molecule has 4 heteroatoms. The number of nitrogen functional groups attached to an aromatic ring is 1. The van der Waals surface area contributed by atoms with E-state index in [1.54, 1.807) is 12.1 Å². The Morgan fingerprint density at radius 1 is 1.15 bits per heavy atom. The molecule has 0 atom stereocenters. The van der Waals surface area contributed by atoms with Gasteiger partial charge in [-0.25, -0.2) is 0 Å². The van der Waals surface area contributed by atoms with Crippen LogP contribution in [0.2, 0.25) is 0 Å². The van der Waals surface area contributed by atoms with Crippen LogP contribution in [0.25, 0.3) is 0 Å². The lowest BCUT2D eigenvalue weighted by Gasteiger charge is -2.00. The summed E-state index contributed by atoms with van der Waals surface area (Å²) >= 11 is 0. The first-order valence-electron chi connectivity index (χ1n) is 3.39. The van der Waals surface area contributed by atoms with Crippen molar-refractivity contribution in [2.75, 3.05) is 5.73 Å². The first-order valence-corrected chi connectivity index (χ1v) is 3.39. The number of nitrogens with two attached hydrogens (primary N) is 1. The Balaban J connectivity index is 0.00000144. The zero-order valence-corrected chi connectivity index (χ0v) is 7.85. The van der Waals surface area contributed by atoms with E-state index in [-0.39, 0.29) is 18.1 Å². The van der Waals surface area contributed by atoms with Crippen LogP contribution >= 0.6 is 12.4 Å². The third-order valence-electron chi connectivity index (χ3n) is 1.57. The van der Waals surface area contributed by atoms with E-state index in [9.17, 15) is 0 Å². The van der Waals surface area contributed by atoms with E-state index >= 15 is 0 Å². The number of benzene rings is 1. The molecule has 0 spiro atoms. The maximum atomic E-state index is 8.62. The average Bonchev–Trinajstić information content (AvgIpc) is 2.08. The van der Waals surface area contributed by atoms with E-state index < -0.39 is 0 Å². The van der Waals surface area contributed by atoms with Crippen LogP contribution in [0.15, 0.2) is 12.1 Å². The fourth-order valence-corrected chi connectivity index (χ4v) is 0.983. The molecular weight excluding hydrogens is 186 g/mol. The minimum absolute atomic E-state index is 0. The van der Waals surface area contributed by atoms with Crippen molar-refractivity contribution in [3.63, 3.8) is 0 Å². The number of rotatable bonds is 0. The summed E-state index contributed by atoms with van der Waals surface area (Å²) in [7, 11) is 0. The second kappa shape index (κ2) is 4.35. The van der Waals surface area contributed by atoms with E-state index in [4.69, 9.17) is 16.3 Å². The van der Waals surface area contributed by atoms with Crippen molar-refractivity contribution in [2.24, 2.45) is 0 Å². The lowest BCUT2D eigenvalue weighted by molar-refractivity contribution is 1.39. The third kappa shape index (κ3) is 2.11. The SMILES string of the molecule is Cc1cc(C#N)c(N)c(C#N)c1.Cl. The normalized spacial score (nSPS) is 7.92. The quantitative estimate of drug-likeness (QED) is 0.638. The van der Waals surface area contributed by atoms with Gasteiger partial charge in [-0.3, -0.25) is 0 Å². The van der Waals surface area contributed by atoms with Gasteiger partial charge in [0, 0.05) is 0 Å². The van der Waals surface area contributed by atoms with E-state index in [0.29, 0.717) is 11.1 Å². The summed E-state index contributed by atoms with van der Waals surface area (Å²) in [6, 6.07) is 7.20. The van der Waals surface area contributed by atoms with Gasteiger partial charge >= 0.3 is 0 Å². The molecule has 0 fully saturated rings. The molecule has 1 aromatic carbocycles. The number of hydrogen-bond acceptors (Lipinski definition) is 3. The summed E-state index contributed by atoms with van der Waals surface area (Å²) in [6.07, 6.45) is 0. The summed E-state index contributed by atoms with van der Waals surface area (Å²) in [6.45, 7) is 1.82. The Morgan fingerprint density at radius 2 is 1.54 bits per heavy atom. The first kappa shape index (κ1) is 11.3. The smallest absolute Gasteiger partial charge is 0.101 e. The second-order valence-electron chi connectivity index (χ2n) is 2.50. The van der Waals surface area contributed by atoms with Crippen LogP contribution in [0, 0.1) is 29.6 Å². The summed E-state index contributed by atoms with van der Waals surface area (Å²) in [4.78, 5) is 0. The van der Waals surface area contributed by atoms with Gasteiger partial charge in [0.25, 0.3) is 0 Å². The van der Waals surface area contributed by atoms with E-state index in [1.165, 1.54) is 0 Å². The zero-order valence-electron chi connectivity index (χ0n) is 7.03. The lowest BCUT2D eigenvalue weighted by atomic mass is 10.1. The molecule has 0 amide bonds. The lowest BCUT2D eigenvalue weighted by Crippen LogP contribution is -1.95. The second-order valence-corrected chi connectivity index (χ2v) is 2.50. The number of aryl methyl sites for hydroxylation is 1. The van der Waals surface area contributed by atoms with Crippen molar-refractivity contribution < 1.29 is 0 Å². The van der Waals surface area contributed by atoms with Crippen molar-refractivity contribution >= 4 is 18.1 Å². The predicted octanol–water partition coefficient (Wildman–Crippen LogP) is 1.74. The number of nitrogens with zero attached hydrogens (tertiary/aromatic N) is 2. The molecule has 1 rings (SSSR count). The Bertz CT molecular complexity index is 363. The van der Waals surface area contributed by atoms with Gasteiger partial charge < -0.3 is 5.73 Å². The highest BCUT2D eigenvalue weighted by atomic mass is 35.5. The van der Waals surface area contributed by atoms with Crippen LogP contribution in [0.1, 0.15) is 16.7 Å². The van der Waals surface area contributed by atoms with Crippen LogP contribution in [-0.2, 0) is 0 Å². The maximum Gasteiger partial charge on any atom is 0.101 e. The van der Waals surface area contributed by atoms with Gasteiger partial charge in [0.15, 0.2) is 0 Å². The Kier molecular flexibility index (Phi) is 3.78. The molecule has 3 nitrogen and oxygen atoms in total. The molecule has 0 saturated heterocycles. The first-order chi connectivity index (χ1) is 5.69. The van der Waals surface area contributed by atoms with Crippen molar-refractivity contribution in [3.8, 4) is 12.1 Å². The average molecular weight is 194 g/mol. The molecule has 0 radical (unpaired) electrons. The Morgan fingerprint density at radius 3 is 1.85 bits per heavy atom. The topological polar surface area (TPSA) is 73.6 Å². The van der Waals surface area contributed by atoms with Crippen LogP contribution in [0.4, 0.5) is 5.69 Å². The van der Waals surface area contributed by atoms with Crippen molar-refractivity contribution in [3.05, 3.63) is 28.8 Å². The summed E-state index contributed by atoms with van der Waals surface area (Å²) in [5, 5.41) is 17.2. The molecule has 2 N–H and O–H groups in total. The molecule has 0 aliphatic carbocycles. The number of halogens is 1. The molecule has 13 heavy (non-hydrogen) atoms. The fourth-order valence-electron chi connectivity index (χ4n) is 0.983. The van der Waals surface area contributed by atoms with Crippen molar-refractivity contribution in [2.45, 2.75) is 6.92 Å². The summed E-state index contributed by atoms with van der Waals surface area (Å²) < 4.78 is 0. The van der Waals surface area contributed by atoms with Gasteiger partial charge in [-0.15, -0.1) is 12.4 Å². The summed E-state index contributed by atoms with van der Waals surface area (Å²) in [5.74, 6) is 0. The van der Waals surface area contributed by atoms with E-state index in [1.807, 2.05) is 19.1 Å². The molecule has 0 aromatic heterocycles. The van der Waals surface area contributed by atoms with Gasteiger partial charge in [0.05, 0.1) is 16.8 Å². The van der Waals surface area contributed by atoms with Crippen molar-refractivity contribution in [1.29, 1.82) is 10.5 Å². The molecule has 0 aliphatic rings. The molecular formula is C9H8ClN3. The van der Waals surface area contributed by atoms with Crippen LogP contribution < -0.4 is 5.73 Å². The maximum absolute atomic E-state index is 8.62. The Labute approximate surface area is 82.8 Å². The highest BCUT2D eigenvalue weighted by Crippen LogP contribution is 2.17. The molecule has 0 heterocycles. The third-order valence-corrected chi connectivity index (χ3v) is 1.57. The molecule has 0 saturated carbocycles. The van der Waals surface area contributed by atoms with Gasteiger partial charge in [-0.2, -0.15) is 10.5 Å². The number of hydrogen-bond donors (Lipinski definition) is 1. The zero-order chi connectivity index (χ0) is 9.14. The predicted molar refractivity (Wildman–Crippen MR) is 52.3 cm³/mol. The van der Waals surface area contributed by atoms with Gasteiger partial charge in [0.2, 0.25) is 0 Å². The van der Waals surface area contributed by atoms with Gasteiger partial charge in [0.1, 0.15) is 12.1 Å². The minimum Gasteiger partial charge on any atom is -0.397 e. The van der Waals surface area contributed by atoms with Gasteiger partial charge in [-0.05, 0) is 24.6 Å². The molecule has 0 unspecified atom stereocenters.